The molecule has 0 aromatic heterocycles. The number of rotatable bonds is 3. The summed E-state index contributed by atoms with van der Waals surface area (Å²) in [5.41, 5.74) is 3.92. The quantitative estimate of drug-likeness (QED) is 0.800. The van der Waals surface area contributed by atoms with Gasteiger partial charge in [0, 0.05) is 11.9 Å². The highest BCUT2D eigenvalue weighted by Crippen LogP contribution is 2.39. The van der Waals surface area contributed by atoms with Gasteiger partial charge in [0.2, 0.25) is 0 Å². The van der Waals surface area contributed by atoms with Gasteiger partial charge in [0.1, 0.15) is 5.70 Å². The van der Waals surface area contributed by atoms with Gasteiger partial charge in [0.15, 0.2) is 11.8 Å². The lowest BCUT2D eigenvalue weighted by atomic mass is 10.1. The third-order valence-electron chi connectivity index (χ3n) is 4.45. The van der Waals surface area contributed by atoms with Crippen molar-refractivity contribution in [2.24, 2.45) is 0 Å². The second kappa shape index (κ2) is 6.40. The molecular weight excluding hydrogens is 389 g/mol. The number of anilines is 2. The van der Waals surface area contributed by atoms with Crippen molar-refractivity contribution in [1.29, 1.82) is 0 Å². The maximum atomic E-state index is 13.2. The van der Waals surface area contributed by atoms with Crippen molar-refractivity contribution >= 4 is 52.2 Å². The zero-order valence-corrected chi connectivity index (χ0v) is 15.6. The molecule has 8 heteroatoms. The summed E-state index contributed by atoms with van der Waals surface area (Å²) in [6.07, 6.45) is 0. The van der Waals surface area contributed by atoms with Gasteiger partial charge in [-0.1, -0.05) is 41.4 Å². The summed E-state index contributed by atoms with van der Waals surface area (Å²) in [6.45, 7) is 1.34. The van der Waals surface area contributed by atoms with Gasteiger partial charge in [-0.05, 0) is 30.3 Å². The topological polar surface area (TPSA) is 69.7 Å². The van der Waals surface area contributed by atoms with E-state index in [1.807, 2.05) is 0 Å². The van der Waals surface area contributed by atoms with E-state index in [0.29, 0.717) is 10.7 Å². The Kier molecular flexibility index (Phi) is 4.17. The number of para-hydroxylation sites is 1. The Hall–Kier alpha value is -2.83. The molecule has 1 fully saturated rings. The van der Waals surface area contributed by atoms with Crippen molar-refractivity contribution in [2.75, 3.05) is 9.91 Å². The molecule has 1 atom stereocenters. The van der Waals surface area contributed by atoms with E-state index >= 15 is 0 Å². The number of Topliss-reactive ketones (excluding diaryl/α,β-unsaturated/α-hetero) is 1. The molecule has 0 radical (unpaired) electrons. The molecular formula is C19H13Cl2N3O3. The number of ketones is 1. The number of nitrogens with zero attached hydrogens (tertiary/aromatic N) is 2. The van der Waals surface area contributed by atoms with Crippen LogP contribution < -0.4 is 15.3 Å². The maximum Gasteiger partial charge on any atom is 0.266 e. The molecule has 0 aliphatic carbocycles. The first-order chi connectivity index (χ1) is 12.9. The fourth-order valence-electron chi connectivity index (χ4n) is 3.28. The van der Waals surface area contributed by atoms with Crippen LogP contribution >= 0.6 is 23.2 Å². The van der Waals surface area contributed by atoms with E-state index in [4.69, 9.17) is 23.2 Å². The molecule has 27 heavy (non-hydrogen) atoms. The molecule has 0 saturated carbocycles. The van der Waals surface area contributed by atoms with Crippen LogP contribution in [0.25, 0.3) is 0 Å². The lowest BCUT2D eigenvalue weighted by Gasteiger charge is -2.26. The SMILES string of the molecule is CC(=O)C1=C2C(=O)N(c3ccccc3Cl)C(=O)[C@@H]2N(c2cccc(Cl)c2)N1. The van der Waals surface area contributed by atoms with Crippen LogP contribution in [-0.4, -0.2) is 23.6 Å². The second-order valence-corrected chi connectivity index (χ2v) is 6.98. The van der Waals surface area contributed by atoms with Gasteiger partial charge < -0.3 is 0 Å². The fraction of sp³-hybridized carbons (Fsp3) is 0.105. The van der Waals surface area contributed by atoms with Crippen molar-refractivity contribution < 1.29 is 14.4 Å². The summed E-state index contributed by atoms with van der Waals surface area (Å²) < 4.78 is 0. The van der Waals surface area contributed by atoms with Crippen LogP contribution in [-0.2, 0) is 14.4 Å². The van der Waals surface area contributed by atoms with Gasteiger partial charge in [0.25, 0.3) is 11.8 Å². The molecule has 1 N–H and O–H groups in total. The minimum Gasteiger partial charge on any atom is -0.293 e. The normalized spacial score (nSPS) is 18.9. The van der Waals surface area contributed by atoms with Crippen LogP contribution in [0.2, 0.25) is 10.0 Å². The highest BCUT2D eigenvalue weighted by atomic mass is 35.5. The molecule has 1 saturated heterocycles. The molecule has 0 unspecified atom stereocenters. The van der Waals surface area contributed by atoms with Crippen LogP contribution in [0.1, 0.15) is 6.92 Å². The Labute approximate surface area is 164 Å². The summed E-state index contributed by atoms with van der Waals surface area (Å²) in [5, 5.41) is 2.22. The molecule has 0 spiro atoms. The van der Waals surface area contributed by atoms with E-state index in [2.05, 4.69) is 5.43 Å². The van der Waals surface area contributed by atoms with Crippen molar-refractivity contribution in [2.45, 2.75) is 13.0 Å². The molecule has 2 aliphatic rings. The molecule has 136 valence electrons. The minimum atomic E-state index is -0.980. The highest BCUT2D eigenvalue weighted by Gasteiger charge is 2.54. The first-order valence-corrected chi connectivity index (χ1v) is 8.85. The van der Waals surface area contributed by atoms with Crippen molar-refractivity contribution in [1.82, 2.24) is 5.43 Å². The van der Waals surface area contributed by atoms with E-state index in [9.17, 15) is 14.4 Å². The van der Waals surface area contributed by atoms with Crippen LogP contribution in [0.4, 0.5) is 11.4 Å². The van der Waals surface area contributed by atoms with Gasteiger partial charge in [-0.2, -0.15) is 0 Å². The molecule has 4 rings (SSSR count). The molecule has 2 amide bonds. The van der Waals surface area contributed by atoms with Gasteiger partial charge in [-0.3, -0.25) is 24.8 Å². The summed E-state index contributed by atoms with van der Waals surface area (Å²) >= 11 is 12.2. The number of halogens is 2. The lowest BCUT2D eigenvalue weighted by Crippen LogP contribution is -2.46. The summed E-state index contributed by atoms with van der Waals surface area (Å²) in [7, 11) is 0. The number of hydrazine groups is 1. The summed E-state index contributed by atoms with van der Waals surface area (Å²) in [4.78, 5) is 39.4. The van der Waals surface area contributed by atoms with E-state index in [-0.39, 0.29) is 27.8 Å². The third kappa shape index (κ3) is 2.69. The Morgan fingerprint density at radius 1 is 1.07 bits per heavy atom. The average molecular weight is 402 g/mol. The zero-order chi connectivity index (χ0) is 19.3. The lowest BCUT2D eigenvalue weighted by molar-refractivity contribution is -0.121. The number of imide groups is 1. The van der Waals surface area contributed by atoms with Crippen LogP contribution in [0.5, 0.6) is 0 Å². The number of hydrogen-bond acceptors (Lipinski definition) is 5. The van der Waals surface area contributed by atoms with Gasteiger partial charge >= 0.3 is 0 Å². The Balaban J connectivity index is 1.85. The number of hydrogen-bond donors (Lipinski definition) is 1. The Morgan fingerprint density at radius 2 is 1.81 bits per heavy atom. The van der Waals surface area contributed by atoms with Crippen molar-refractivity contribution in [3.05, 3.63) is 69.8 Å². The number of carbonyl (C=O) groups is 3. The fourth-order valence-corrected chi connectivity index (χ4v) is 3.69. The predicted octanol–water partition coefficient (Wildman–Crippen LogP) is 3.10. The molecule has 0 bridgehead atoms. The number of allylic oxidation sites excluding steroid dienone is 1. The number of carbonyl (C=O) groups excluding carboxylic acids is 3. The van der Waals surface area contributed by atoms with Gasteiger partial charge in [0.05, 0.1) is 22.0 Å². The van der Waals surface area contributed by atoms with E-state index in [1.165, 1.54) is 11.9 Å². The van der Waals surface area contributed by atoms with E-state index < -0.39 is 17.9 Å². The van der Waals surface area contributed by atoms with Crippen LogP contribution in [0.3, 0.4) is 0 Å². The van der Waals surface area contributed by atoms with Crippen molar-refractivity contribution in [3.63, 3.8) is 0 Å². The molecule has 2 heterocycles. The first-order valence-electron chi connectivity index (χ1n) is 8.09. The smallest absolute Gasteiger partial charge is 0.266 e. The number of amides is 2. The Morgan fingerprint density at radius 3 is 2.48 bits per heavy atom. The summed E-state index contributed by atoms with van der Waals surface area (Å²) in [6, 6.07) is 12.4. The number of fused-ring (bicyclic) bond motifs is 1. The standard InChI is InChI=1S/C19H13Cl2N3O3/c1-10(25)16-15-17(24(22-16)12-6-4-5-11(20)9-12)19(27)23(18(15)26)14-8-3-2-7-13(14)21/h2-9,17,22H,1H3/t17-/m1/s1. The van der Waals surface area contributed by atoms with Gasteiger partial charge in [-0.15, -0.1) is 0 Å². The first kappa shape index (κ1) is 17.6. The average Bonchev–Trinajstić information content (AvgIpc) is 3.14. The molecule has 6 nitrogen and oxygen atoms in total. The monoisotopic (exact) mass is 401 g/mol. The van der Waals surface area contributed by atoms with E-state index in [0.717, 1.165) is 4.90 Å². The third-order valence-corrected chi connectivity index (χ3v) is 5.01. The maximum absolute atomic E-state index is 13.2. The van der Waals surface area contributed by atoms with Crippen molar-refractivity contribution in [3.8, 4) is 0 Å². The van der Waals surface area contributed by atoms with Crippen LogP contribution in [0.15, 0.2) is 59.8 Å². The summed E-state index contributed by atoms with van der Waals surface area (Å²) in [5.74, 6) is -1.41. The highest BCUT2D eigenvalue weighted by molar-refractivity contribution is 6.39. The Bertz CT molecular complexity index is 1030. The predicted molar refractivity (Wildman–Crippen MR) is 103 cm³/mol. The molecule has 2 aromatic rings. The number of benzene rings is 2. The minimum absolute atomic E-state index is 0.0906. The second-order valence-electron chi connectivity index (χ2n) is 6.14. The van der Waals surface area contributed by atoms with Crippen LogP contribution in [0, 0.1) is 0 Å². The number of nitrogens with one attached hydrogen (secondary N) is 1. The van der Waals surface area contributed by atoms with Gasteiger partial charge in [-0.25, -0.2) is 4.90 Å². The molecule has 2 aromatic carbocycles. The van der Waals surface area contributed by atoms with E-state index in [1.54, 1.807) is 48.5 Å². The molecule has 2 aliphatic heterocycles. The zero-order valence-electron chi connectivity index (χ0n) is 14.1. The largest absolute Gasteiger partial charge is 0.293 e.